The number of rotatable bonds is 5. The average Bonchev–Trinajstić information content (AvgIpc) is 2.57. The van der Waals surface area contributed by atoms with Gasteiger partial charge in [-0.2, -0.15) is 0 Å². The Hall–Kier alpha value is -2.90. The molecule has 2 amide bonds. The third-order valence-corrected chi connectivity index (χ3v) is 3.91. The van der Waals surface area contributed by atoms with Gasteiger partial charge in [0.15, 0.2) is 11.5 Å². The van der Waals surface area contributed by atoms with Crippen molar-refractivity contribution in [2.75, 3.05) is 21.3 Å². The second-order valence-electron chi connectivity index (χ2n) is 7.03. The van der Waals surface area contributed by atoms with Crippen molar-refractivity contribution in [1.82, 2.24) is 10.6 Å². The minimum absolute atomic E-state index is 0.304. The van der Waals surface area contributed by atoms with Gasteiger partial charge in [0.2, 0.25) is 5.75 Å². The van der Waals surface area contributed by atoms with Crippen LogP contribution in [0, 0.1) is 0 Å². The van der Waals surface area contributed by atoms with Crippen LogP contribution in [0.1, 0.15) is 39.3 Å². The molecule has 2 rings (SSSR count). The monoisotopic (exact) mass is 378 g/mol. The number of ether oxygens (including phenoxy) is 4. The van der Waals surface area contributed by atoms with Gasteiger partial charge in [-0.25, -0.2) is 9.59 Å². The van der Waals surface area contributed by atoms with E-state index in [0.717, 1.165) is 0 Å². The van der Waals surface area contributed by atoms with Crippen LogP contribution in [0.4, 0.5) is 4.79 Å². The predicted molar refractivity (Wildman–Crippen MR) is 99.1 cm³/mol. The lowest BCUT2D eigenvalue weighted by Gasteiger charge is -2.30. The standard InChI is InChI=1S/C19H26N2O6/c1-10-14(17(22)27-19(2,3)4)15(21-18(23)20-10)11-8-12(24-5)16(26-7)13(9-11)25-6/h8-9,15H,1-7H3,(H2,20,21,23). The molecule has 0 spiro atoms. The summed E-state index contributed by atoms with van der Waals surface area (Å²) in [6, 6.07) is 2.23. The SMILES string of the molecule is COc1cc(C2NC(=O)NC(C)=C2C(=O)OC(C)(C)C)cc(OC)c1OC. The van der Waals surface area contributed by atoms with Crippen LogP contribution in [0.2, 0.25) is 0 Å². The molecule has 1 aliphatic rings. The zero-order chi connectivity index (χ0) is 20.4. The van der Waals surface area contributed by atoms with Gasteiger partial charge in [-0.3, -0.25) is 0 Å². The summed E-state index contributed by atoms with van der Waals surface area (Å²) in [6.07, 6.45) is 0. The highest BCUT2D eigenvalue weighted by Gasteiger charge is 2.35. The van der Waals surface area contributed by atoms with Gasteiger partial charge in [0.1, 0.15) is 5.60 Å². The molecule has 0 saturated carbocycles. The van der Waals surface area contributed by atoms with E-state index in [0.29, 0.717) is 34.1 Å². The Kier molecular flexibility index (Phi) is 5.88. The average molecular weight is 378 g/mol. The van der Waals surface area contributed by atoms with Crippen molar-refractivity contribution >= 4 is 12.0 Å². The molecule has 1 aromatic rings. The number of esters is 1. The quantitative estimate of drug-likeness (QED) is 0.765. The Bertz CT molecular complexity index is 754. The zero-order valence-corrected chi connectivity index (χ0v) is 16.7. The molecular formula is C19H26N2O6. The van der Waals surface area contributed by atoms with Crippen LogP contribution >= 0.6 is 0 Å². The Balaban J connectivity index is 2.58. The zero-order valence-electron chi connectivity index (χ0n) is 16.7. The Labute approximate surface area is 158 Å². The molecule has 1 atom stereocenters. The largest absolute Gasteiger partial charge is 0.493 e. The maximum absolute atomic E-state index is 12.8. The summed E-state index contributed by atoms with van der Waals surface area (Å²) in [5.41, 5.74) is 0.649. The maximum atomic E-state index is 12.8. The summed E-state index contributed by atoms with van der Waals surface area (Å²) in [4.78, 5) is 24.8. The number of carbonyl (C=O) groups excluding carboxylic acids is 2. The summed E-state index contributed by atoms with van der Waals surface area (Å²) in [5, 5.41) is 5.38. The number of amides is 2. The second-order valence-corrected chi connectivity index (χ2v) is 7.03. The molecule has 27 heavy (non-hydrogen) atoms. The highest BCUT2D eigenvalue weighted by molar-refractivity contribution is 5.95. The molecule has 1 aliphatic heterocycles. The van der Waals surface area contributed by atoms with Gasteiger partial charge >= 0.3 is 12.0 Å². The predicted octanol–water partition coefficient (Wildman–Crippen LogP) is 2.68. The molecule has 8 heteroatoms. The van der Waals surface area contributed by atoms with Gasteiger partial charge in [0, 0.05) is 5.70 Å². The lowest BCUT2D eigenvalue weighted by atomic mass is 9.94. The van der Waals surface area contributed by atoms with Gasteiger partial charge in [-0.1, -0.05) is 0 Å². The maximum Gasteiger partial charge on any atom is 0.338 e. The van der Waals surface area contributed by atoms with E-state index >= 15 is 0 Å². The molecule has 8 nitrogen and oxygen atoms in total. The Morgan fingerprint density at radius 3 is 2.04 bits per heavy atom. The second kappa shape index (κ2) is 7.77. The van der Waals surface area contributed by atoms with Gasteiger partial charge in [-0.05, 0) is 45.4 Å². The molecule has 1 aromatic carbocycles. The van der Waals surface area contributed by atoms with Crippen LogP contribution < -0.4 is 24.8 Å². The van der Waals surface area contributed by atoms with E-state index in [1.807, 2.05) is 0 Å². The van der Waals surface area contributed by atoms with Gasteiger partial charge in [-0.15, -0.1) is 0 Å². The van der Waals surface area contributed by atoms with Crippen LogP contribution in [0.5, 0.6) is 17.2 Å². The van der Waals surface area contributed by atoms with Crippen molar-refractivity contribution in [3.8, 4) is 17.2 Å². The fraction of sp³-hybridized carbons (Fsp3) is 0.474. The lowest BCUT2D eigenvalue weighted by Crippen LogP contribution is -2.46. The minimum atomic E-state index is -0.734. The van der Waals surface area contributed by atoms with E-state index in [4.69, 9.17) is 18.9 Å². The van der Waals surface area contributed by atoms with E-state index < -0.39 is 23.6 Å². The van der Waals surface area contributed by atoms with Crippen molar-refractivity contribution < 1.29 is 28.5 Å². The summed E-state index contributed by atoms with van der Waals surface area (Å²) in [7, 11) is 4.50. The molecule has 0 radical (unpaired) electrons. The summed E-state index contributed by atoms with van der Waals surface area (Å²) in [5.74, 6) is 0.733. The first-order chi connectivity index (χ1) is 12.6. The third-order valence-electron chi connectivity index (χ3n) is 3.91. The molecule has 1 heterocycles. The van der Waals surface area contributed by atoms with E-state index in [1.54, 1.807) is 39.8 Å². The molecular weight excluding hydrogens is 352 g/mol. The fourth-order valence-corrected chi connectivity index (χ4v) is 2.82. The van der Waals surface area contributed by atoms with Crippen LogP contribution in [0.25, 0.3) is 0 Å². The Morgan fingerprint density at radius 2 is 1.59 bits per heavy atom. The van der Waals surface area contributed by atoms with E-state index in [9.17, 15) is 9.59 Å². The number of carbonyl (C=O) groups is 2. The normalized spacial score (nSPS) is 17.0. The van der Waals surface area contributed by atoms with E-state index in [-0.39, 0.29) is 0 Å². The van der Waals surface area contributed by atoms with Crippen molar-refractivity contribution in [2.24, 2.45) is 0 Å². The first kappa shape index (κ1) is 20.4. The van der Waals surface area contributed by atoms with Crippen LogP contribution in [0.3, 0.4) is 0 Å². The van der Waals surface area contributed by atoms with Gasteiger partial charge in [0.05, 0.1) is 32.9 Å². The molecule has 1 unspecified atom stereocenters. The number of allylic oxidation sites excluding steroid dienone is 1. The van der Waals surface area contributed by atoms with Crippen molar-refractivity contribution in [1.29, 1.82) is 0 Å². The smallest absolute Gasteiger partial charge is 0.338 e. The summed E-state index contributed by atoms with van der Waals surface area (Å²) in [6.45, 7) is 7.00. The first-order valence-corrected chi connectivity index (χ1v) is 8.42. The lowest BCUT2D eigenvalue weighted by molar-refractivity contribution is -0.150. The molecule has 0 fully saturated rings. The molecule has 0 aromatic heterocycles. The third kappa shape index (κ3) is 4.45. The molecule has 2 N–H and O–H groups in total. The topological polar surface area (TPSA) is 95.1 Å². The summed E-state index contributed by atoms with van der Waals surface area (Å²) >= 11 is 0. The van der Waals surface area contributed by atoms with Gasteiger partial charge < -0.3 is 29.6 Å². The van der Waals surface area contributed by atoms with Crippen molar-refractivity contribution in [3.05, 3.63) is 29.0 Å². The first-order valence-electron chi connectivity index (χ1n) is 8.42. The number of nitrogens with one attached hydrogen (secondary N) is 2. The van der Waals surface area contributed by atoms with E-state index in [2.05, 4.69) is 10.6 Å². The number of benzene rings is 1. The molecule has 0 bridgehead atoms. The number of hydrogen-bond donors (Lipinski definition) is 2. The Morgan fingerprint density at radius 1 is 1.04 bits per heavy atom. The van der Waals surface area contributed by atoms with Crippen LogP contribution in [0.15, 0.2) is 23.4 Å². The van der Waals surface area contributed by atoms with Gasteiger partial charge in [0.25, 0.3) is 0 Å². The van der Waals surface area contributed by atoms with Crippen molar-refractivity contribution in [2.45, 2.75) is 39.3 Å². The number of hydrogen-bond acceptors (Lipinski definition) is 6. The number of urea groups is 1. The highest BCUT2D eigenvalue weighted by atomic mass is 16.6. The highest BCUT2D eigenvalue weighted by Crippen LogP contribution is 2.41. The molecule has 148 valence electrons. The van der Waals surface area contributed by atoms with Crippen molar-refractivity contribution in [3.63, 3.8) is 0 Å². The molecule has 0 saturated heterocycles. The van der Waals surface area contributed by atoms with Crippen LogP contribution in [-0.4, -0.2) is 38.9 Å². The molecule has 0 aliphatic carbocycles. The minimum Gasteiger partial charge on any atom is -0.493 e. The number of methoxy groups -OCH3 is 3. The summed E-state index contributed by atoms with van der Waals surface area (Å²) < 4.78 is 21.6. The fourth-order valence-electron chi connectivity index (χ4n) is 2.82. The van der Waals surface area contributed by atoms with E-state index in [1.165, 1.54) is 21.3 Å². The van der Waals surface area contributed by atoms with Crippen LogP contribution in [-0.2, 0) is 9.53 Å².